The van der Waals surface area contributed by atoms with Gasteiger partial charge in [0, 0.05) is 49.8 Å². The first-order valence-corrected chi connectivity index (χ1v) is 8.86. The maximum Gasteiger partial charge on any atom is 0.203 e. The molecule has 3 nitrogen and oxygen atoms in total. The maximum atomic E-state index is 10.6. The number of aromatic hydroxyl groups is 1. The molecule has 122 valence electrons. The summed E-state index contributed by atoms with van der Waals surface area (Å²) in [6, 6.07) is 14.9. The molecule has 2 heterocycles. The fourth-order valence-electron chi connectivity index (χ4n) is 3.56. The first kappa shape index (κ1) is 15.3. The molecule has 4 rings (SSSR count). The van der Waals surface area contributed by atoms with Crippen LogP contribution in [-0.2, 0) is 0 Å². The second kappa shape index (κ2) is 5.42. The fourth-order valence-corrected chi connectivity index (χ4v) is 3.92. The zero-order valence-electron chi connectivity index (χ0n) is 13.9. The van der Waals surface area contributed by atoms with E-state index in [2.05, 4.69) is 65.5 Å². The van der Waals surface area contributed by atoms with Crippen LogP contribution in [0.4, 0.5) is 0 Å². The van der Waals surface area contributed by atoms with Crippen LogP contribution in [0, 0.1) is 6.92 Å². The molecule has 0 aliphatic rings. The first-order chi connectivity index (χ1) is 11.5. The Kier molecular flexibility index (Phi) is 3.46. The van der Waals surface area contributed by atoms with E-state index in [4.69, 9.17) is 0 Å². The van der Waals surface area contributed by atoms with Crippen molar-refractivity contribution in [3.8, 4) is 11.6 Å². The van der Waals surface area contributed by atoms with E-state index in [1.54, 1.807) is 0 Å². The molecule has 4 aromatic rings. The Bertz CT molecular complexity index is 1070. The highest BCUT2D eigenvalue weighted by Gasteiger charge is 2.13. The van der Waals surface area contributed by atoms with Gasteiger partial charge in [0.05, 0.1) is 0 Å². The predicted octanol–water partition coefficient (Wildman–Crippen LogP) is 5.94. The van der Waals surface area contributed by atoms with Gasteiger partial charge >= 0.3 is 0 Å². The number of nitrogens with zero attached hydrogens (tertiary/aromatic N) is 2. The Balaban J connectivity index is 1.92. The summed E-state index contributed by atoms with van der Waals surface area (Å²) < 4.78 is 5.14. The second-order valence-corrected chi connectivity index (χ2v) is 7.46. The molecular weight excluding hydrogens is 364 g/mol. The summed E-state index contributed by atoms with van der Waals surface area (Å²) in [5.74, 6) is 0.269. The number of hydrogen-bond donors (Lipinski definition) is 1. The largest absolute Gasteiger partial charge is 0.494 e. The topological polar surface area (TPSA) is 30.1 Å². The first-order valence-electron chi connectivity index (χ1n) is 8.07. The van der Waals surface area contributed by atoms with E-state index >= 15 is 0 Å². The van der Waals surface area contributed by atoms with Gasteiger partial charge in [0.25, 0.3) is 0 Å². The normalized spacial score (nSPS) is 11.9. The maximum absolute atomic E-state index is 10.6. The van der Waals surface area contributed by atoms with Gasteiger partial charge in [-0.25, -0.2) is 0 Å². The van der Waals surface area contributed by atoms with E-state index in [1.165, 1.54) is 16.6 Å². The van der Waals surface area contributed by atoms with Crippen LogP contribution in [0.2, 0.25) is 0 Å². The zero-order chi connectivity index (χ0) is 17.0. The van der Waals surface area contributed by atoms with Crippen LogP contribution >= 0.6 is 15.9 Å². The Morgan fingerprint density at radius 3 is 2.54 bits per heavy atom. The SMILES string of the molecule is Cc1cc2cc(-n3cc4ccc(Br)cc4c3O)ccc2n1C(C)C. The number of benzene rings is 2. The van der Waals surface area contributed by atoms with Gasteiger partial charge in [0.2, 0.25) is 5.88 Å². The molecule has 0 atom stereocenters. The van der Waals surface area contributed by atoms with Crippen molar-refractivity contribution < 1.29 is 5.11 Å². The summed E-state index contributed by atoms with van der Waals surface area (Å²) in [5, 5.41) is 13.7. The van der Waals surface area contributed by atoms with Gasteiger partial charge in [-0.15, -0.1) is 0 Å². The molecule has 4 heteroatoms. The van der Waals surface area contributed by atoms with E-state index in [0.29, 0.717) is 6.04 Å². The van der Waals surface area contributed by atoms with Crippen molar-refractivity contribution in [2.75, 3.05) is 0 Å². The zero-order valence-corrected chi connectivity index (χ0v) is 15.5. The lowest BCUT2D eigenvalue weighted by Crippen LogP contribution is -2.02. The van der Waals surface area contributed by atoms with Crippen LogP contribution in [0.3, 0.4) is 0 Å². The van der Waals surface area contributed by atoms with Gasteiger partial charge in [0.15, 0.2) is 0 Å². The Hall–Kier alpha value is -2.20. The Labute approximate surface area is 149 Å². The lowest BCUT2D eigenvalue weighted by atomic mass is 10.2. The van der Waals surface area contributed by atoms with Crippen molar-refractivity contribution in [2.45, 2.75) is 26.8 Å². The predicted molar refractivity (Wildman–Crippen MR) is 103 cm³/mol. The van der Waals surface area contributed by atoms with E-state index in [-0.39, 0.29) is 5.88 Å². The highest BCUT2D eigenvalue weighted by atomic mass is 79.9. The second-order valence-electron chi connectivity index (χ2n) is 6.55. The quantitative estimate of drug-likeness (QED) is 0.456. The van der Waals surface area contributed by atoms with Crippen molar-refractivity contribution in [1.82, 2.24) is 9.13 Å². The van der Waals surface area contributed by atoms with Crippen molar-refractivity contribution in [2.24, 2.45) is 0 Å². The molecule has 0 aliphatic carbocycles. The van der Waals surface area contributed by atoms with Gasteiger partial charge in [0.1, 0.15) is 0 Å². The molecule has 0 saturated heterocycles. The molecule has 0 unspecified atom stereocenters. The van der Waals surface area contributed by atoms with Gasteiger partial charge in [-0.2, -0.15) is 0 Å². The molecule has 0 spiro atoms. The van der Waals surface area contributed by atoms with Crippen molar-refractivity contribution >= 4 is 37.6 Å². The third-order valence-corrected chi connectivity index (χ3v) is 5.06. The fraction of sp³-hybridized carbons (Fsp3) is 0.200. The van der Waals surface area contributed by atoms with Gasteiger partial charge in [-0.05, 0) is 57.2 Å². The summed E-state index contributed by atoms with van der Waals surface area (Å²) in [7, 11) is 0. The minimum Gasteiger partial charge on any atom is -0.494 e. The highest BCUT2D eigenvalue weighted by molar-refractivity contribution is 9.10. The van der Waals surface area contributed by atoms with E-state index in [0.717, 1.165) is 20.9 Å². The molecule has 2 aromatic heterocycles. The third kappa shape index (κ3) is 2.25. The lowest BCUT2D eigenvalue weighted by molar-refractivity contribution is 0.448. The minimum absolute atomic E-state index is 0.269. The molecule has 0 radical (unpaired) electrons. The van der Waals surface area contributed by atoms with Gasteiger partial charge < -0.3 is 9.67 Å². The van der Waals surface area contributed by atoms with E-state index in [1.807, 2.05) is 29.0 Å². The molecule has 0 amide bonds. The standard InChI is InChI=1S/C20H19BrN2O/c1-12(2)23-13(3)8-15-9-17(6-7-19(15)23)22-11-14-4-5-16(21)10-18(14)20(22)24/h4-12,24H,1-3H3. The Morgan fingerprint density at radius 1 is 1.00 bits per heavy atom. The molecular formula is C20H19BrN2O. The molecule has 0 aliphatic heterocycles. The number of hydrogen-bond acceptors (Lipinski definition) is 1. The number of halogens is 1. The van der Waals surface area contributed by atoms with Crippen molar-refractivity contribution in [3.63, 3.8) is 0 Å². The summed E-state index contributed by atoms with van der Waals surface area (Å²) in [6.45, 7) is 6.53. The van der Waals surface area contributed by atoms with Crippen LogP contribution in [0.25, 0.3) is 27.4 Å². The number of aryl methyl sites for hydroxylation is 1. The average Bonchev–Trinajstić information content (AvgIpc) is 3.03. The molecule has 1 N–H and O–H groups in total. The smallest absolute Gasteiger partial charge is 0.203 e. The monoisotopic (exact) mass is 382 g/mol. The van der Waals surface area contributed by atoms with Crippen LogP contribution in [0.15, 0.2) is 53.1 Å². The van der Waals surface area contributed by atoms with Crippen molar-refractivity contribution in [1.29, 1.82) is 0 Å². The summed E-state index contributed by atoms with van der Waals surface area (Å²) in [6.07, 6.45) is 1.98. The van der Waals surface area contributed by atoms with Crippen molar-refractivity contribution in [3.05, 3.63) is 58.8 Å². The van der Waals surface area contributed by atoms with Gasteiger partial charge in [-0.3, -0.25) is 4.57 Å². The highest BCUT2D eigenvalue weighted by Crippen LogP contribution is 2.33. The average molecular weight is 383 g/mol. The Morgan fingerprint density at radius 2 is 1.79 bits per heavy atom. The molecule has 2 aromatic carbocycles. The van der Waals surface area contributed by atoms with Crippen LogP contribution in [0.5, 0.6) is 5.88 Å². The van der Waals surface area contributed by atoms with Gasteiger partial charge in [-0.1, -0.05) is 22.0 Å². The molecule has 0 saturated carbocycles. The summed E-state index contributed by atoms with van der Waals surface area (Å²) in [4.78, 5) is 0. The molecule has 24 heavy (non-hydrogen) atoms. The third-order valence-electron chi connectivity index (χ3n) is 4.56. The number of rotatable bonds is 2. The van der Waals surface area contributed by atoms with E-state index < -0.39 is 0 Å². The van der Waals surface area contributed by atoms with E-state index in [9.17, 15) is 5.11 Å². The lowest BCUT2D eigenvalue weighted by Gasteiger charge is -2.12. The van der Waals surface area contributed by atoms with Crippen LogP contribution in [-0.4, -0.2) is 14.2 Å². The number of aromatic nitrogens is 2. The van der Waals surface area contributed by atoms with Crippen LogP contribution in [0.1, 0.15) is 25.6 Å². The molecule has 0 fully saturated rings. The summed E-state index contributed by atoms with van der Waals surface area (Å²) in [5.41, 5.74) is 3.45. The number of fused-ring (bicyclic) bond motifs is 2. The summed E-state index contributed by atoms with van der Waals surface area (Å²) >= 11 is 3.47. The molecule has 0 bridgehead atoms. The van der Waals surface area contributed by atoms with Crippen LogP contribution < -0.4 is 0 Å². The minimum atomic E-state index is 0.269.